The Kier molecular flexibility index (Phi) is 6.23. The molecule has 5 rings (SSSR count). The van der Waals surface area contributed by atoms with Gasteiger partial charge in [0.05, 0.1) is 9.82 Å². The van der Waals surface area contributed by atoms with Gasteiger partial charge in [-0.2, -0.15) is 0 Å². The zero-order valence-electron chi connectivity index (χ0n) is 18.9. The smallest absolute Gasteiger partial charge is 0.330 e. The fourth-order valence-corrected chi connectivity index (χ4v) is 6.00. The van der Waals surface area contributed by atoms with Gasteiger partial charge in [-0.15, -0.1) is 0 Å². The van der Waals surface area contributed by atoms with Crippen molar-refractivity contribution in [1.29, 1.82) is 0 Å². The maximum absolute atomic E-state index is 13.4. The second-order valence-corrected chi connectivity index (χ2v) is 10.5. The molecular weight excluding hydrogens is 466 g/mol. The van der Waals surface area contributed by atoms with Crippen molar-refractivity contribution in [2.24, 2.45) is 0 Å². The minimum Gasteiger partial charge on any atom is -0.375 e. The van der Waals surface area contributed by atoms with Gasteiger partial charge in [-0.3, -0.25) is 15.0 Å². The summed E-state index contributed by atoms with van der Waals surface area (Å²) in [5.41, 5.74) is 1.14. The largest absolute Gasteiger partial charge is 0.375 e. The quantitative estimate of drug-likeness (QED) is 0.291. The van der Waals surface area contributed by atoms with Gasteiger partial charge in [0, 0.05) is 30.7 Å². The summed E-state index contributed by atoms with van der Waals surface area (Å²) in [6, 6.07) is 19.4. The van der Waals surface area contributed by atoms with Crippen LogP contribution in [0.4, 0.5) is 11.4 Å². The molecule has 0 unspecified atom stereocenters. The van der Waals surface area contributed by atoms with Crippen molar-refractivity contribution >= 4 is 32.2 Å². The monoisotopic (exact) mass is 491 g/mol. The minimum atomic E-state index is -4.22. The van der Waals surface area contributed by atoms with E-state index in [9.17, 15) is 18.5 Å². The van der Waals surface area contributed by atoms with E-state index in [1.807, 2.05) is 18.2 Å². The maximum atomic E-state index is 13.4. The Morgan fingerprint density at radius 1 is 1.09 bits per heavy atom. The van der Waals surface area contributed by atoms with Gasteiger partial charge in [-0.1, -0.05) is 48.5 Å². The number of rotatable bonds is 7. The third kappa shape index (κ3) is 4.62. The SMILES string of the molecule is O=[N+]([O-])c1c(S(=O)(=O)c2ccccc2)nc2[nH]ccc2c1N[C@@H]1CCCN(Cc2ccccc2)C1. The molecule has 4 aromatic rings. The lowest BCUT2D eigenvalue weighted by Crippen LogP contribution is -2.41. The normalized spacial score (nSPS) is 16.9. The molecule has 0 radical (unpaired) electrons. The van der Waals surface area contributed by atoms with Crippen LogP contribution in [0, 0.1) is 10.1 Å². The molecule has 2 aromatic heterocycles. The second kappa shape index (κ2) is 9.47. The summed E-state index contributed by atoms with van der Waals surface area (Å²) in [5.74, 6) is 0. The van der Waals surface area contributed by atoms with Crippen molar-refractivity contribution in [3.63, 3.8) is 0 Å². The van der Waals surface area contributed by atoms with E-state index >= 15 is 0 Å². The van der Waals surface area contributed by atoms with E-state index in [2.05, 4.69) is 32.3 Å². The van der Waals surface area contributed by atoms with Crippen LogP contribution in [-0.4, -0.2) is 47.3 Å². The first-order chi connectivity index (χ1) is 16.9. The number of aromatic amines is 1. The third-order valence-corrected chi connectivity index (χ3v) is 7.93. The number of pyridine rings is 1. The van der Waals surface area contributed by atoms with Crippen LogP contribution in [0.2, 0.25) is 0 Å². The topological polar surface area (TPSA) is 121 Å². The number of nitro groups is 1. The van der Waals surface area contributed by atoms with Gasteiger partial charge in [0.2, 0.25) is 14.9 Å². The van der Waals surface area contributed by atoms with Crippen LogP contribution >= 0.6 is 0 Å². The van der Waals surface area contributed by atoms with Gasteiger partial charge in [0.15, 0.2) is 0 Å². The summed E-state index contributed by atoms with van der Waals surface area (Å²) in [5, 5.41) is 15.5. The number of aromatic nitrogens is 2. The molecule has 10 heteroatoms. The van der Waals surface area contributed by atoms with Crippen LogP contribution in [0.15, 0.2) is 82.8 Å². The van der Waals surface area contributed by atoms with Gasteiger partial charge in [0.1, 0.15) is 11.3 Å². The molecule has 2 N–H and O–H groups in total. The summed E-state index contributed by atoms with van der Waals surface area (Å²) in [7, 11) is -4.22. The standard InChI is InChI=1S/C25H25N5O4S/c31-30(32)23-22(27-19-10-7-15-29(17-19)16-18-8-3-1-4-9-18)21-13-14-26-24(21)28-25(23)35(33,34)20-11-5-2-6-12-20/h1-6,8-9,11-14,19H,7,10,15-17H2,(H2,26,27,28)/t19-/m1/s1. The summed E-state index contributed by atoms with van der Waals surface area (Å²) < 4.78 is 26.8. The molecule has 1 saturated heterocycles. The van der Waals surface area contributed by atoms with Crippen molar-refractivity contribution in [2.75, 3.05) is 18.4 Å². The lowest BCUT2D eigenvalue weighted by molar-refractivity contribution is -0.387. The molecule has 0 bridgehead atoms. The van der Waals surface area contributed by atoms with Gasteiger partial charge < -0.3 is 10.3 Å². The van der Waals surface area contributed by atoms with Crippen LogP contribution in [-0.2, 0) is 16.4 Å². The molecule has 1 atom stereocenters. The van der Waals surface area contributed by atoms with E-state index in [1.165, 1.54) is 17.7 Å². The number of sulfone groups is 1. The summed E-state index contributed by atoms with van der Waals surface area (Å²) >= 11 is 0. The summed E-state index contributed by atoms with van der Waals surface area (Å²) in [4.78, 5) is 21.0. The molecule has 0 aliphatic carbocycles. The van der Waals surface area contributed by atoms with Crippen molar-refractivity contribution in [3.8, 4) is 0 Å². The van der Waals surface area contributed by atoms with E-state index in [1.54, 1.807) is 30.5 Å². The van der Waals surface area contributed by atoms with Crippen molar-refractivity contribution in [1.82, 2.24) is 14.9 Å². The van der Waals surface area contributed by atoms with Crippen molar-refractivity contribution in [2.45, 2.75) is 35.3 Å². The Morgan fingerprint density at radius 3 is 2.51 bits per heavy atom. The molecular formula is C25H25N5O4S. The highest BCUT2D eigenvalue weighted by Gasteiger charge is 2.36. The van der Waals surface area contributed by atoms with Crippen LogP contribution < -0.4 is 5.32 Å². The Morgan fingerprint density at radius 2 is 1.80 bits per heavy atom. The lowest BCUT2D eigenvalue weighted by Gasteiger charge is -2.33. The fraction of sp³-hybridized carbons (Fsp3) is 0.240. The van der Waals surface area contributed by atoms with E-state index in [0.717, 1.165) is 25.9 Å². The number of hydrogen-bond donors (Lipinski definition) is 2. The van der Waals surface area contributed by atoms with Gasteiger partial charge in [-0.25, -0.2) is 13.4 Å². The highest BCUT2D eigenvalue weighted by molar-refractivity contribution is 7.91. The lowest BCUT2D eigenvalue weighted by atomic mass is 10.0. The molecule has 35 heavy (non-hydrogen) atoms. The Labute approximate surface area is 202 Å². The van der Waals surface area contributed by atoms with Crippen molar-refractivity contribution in [3.05, 3.63) is 88.6 Å². The second-order valence-electron chi connectivity index (χ2n) is 8.66. The zero-order valence-corrected chi connectivity index (χ0v) is 19.7. The number of nitrogens with one attached hydrogen (secondary N) is 2. The maximum Gasteiger partial charge on any atom is 0.330 e. The van der Waals surface area contributed by atoms with E-state index < -0.39 is 25.5 Å². The molecule has 0 saturated carbocycles. The first-order valence-electron chi connectivity index (χ1n) is 11.4. The highest BCUT2D eigenvalue weighted by atomic mass is 32.2. The molecule has 1 aliphatic rings. The third-order valence-electron chi connectivity index (χ3n) is 6.24. The molecule has 3 heterocycles. The predicted molar refractivity (Wildman–Crippen MR) is 133 cm³/mol. The molecule has 0 amide bonds. The number of anilines is 1. The Balaban J connectivity index is 1.53. The van der Waals surface area contributed by atoms with E-state index in [4.69, 9.17) is 0 Å². The number of fused-ring (bicyclic) bond motifs is 1. The van der Waals surface area contributed by atoms with Crippen LogP contribution in [0.25, 0.3) is 11.0 Å². The molecule has 9 nitrogen and oxygen atoms in total. The van der Waals surface area contributed by atoms with E-state index in [0.29, 0.717) is 11.9 Å². The Bertz CT molecular complexity index is 1460. The number of nitrogens with zero attached hydrogens (tertiary/aromatic N) is 3. The number of benzene rings is 2. The summed E-state index contributed by atoms with van der Waals surface area (Å²) in [6.07, 6.45) is 3.35. The number of hydrogen-bond acceptors (Lipinski definition) is 7. The number of H-pyrrole nitrogens is 1. The zero-order chi connectivity index (χ0) is 24.4. The fourth-order valence-electron chi connectivity index (χ4n) is 4.62. The molecule has 180 valence electrons. The predicted octanol–water partition coefficient (Wildman–Crippen LogP) is 4.38. The Hall–Kier alpha value is -3.76. The molecule has 2 aromatic carbocycles. The van der Waals surface area contributed by atoms with Crippen molar-refractivity contribution < 1.29 is 13.3 Å². The van der Waals surface area contributed by atoms with Crippen LogP contribution in [0.5, 0.6) is 0 Å². The van der Waals surface area contributed by atoms with Crippen LogP contribution in [0.1, 0.15) is 18.4 Å². The molecule has 1 aliphatic heterocycles. The van der Waals surface area contributed by atoms with Gasteiger partial charge in [-0.05, 0) is 43.1 Å². The van der Waals surface area contributed by atoms with Crippen LogP contribution in [0.3, 0.4) is 0 Å². The van der Waals surface area contributed by atoms with Gasteiger partial charge in [0.25, 0.3) is 0 Å². The molecule has 0 spiro atoms. The average molecular weight is 492 g/mol. The van der Waals surface area contributed by atoms with E-state index in [-0.39, 0.29) is 22.3 Å². The highest BCUT2D eigenvalue weighted by Crippen LogP contribution is 2.39. The number of likely N-dealkylation sites (tertiary alicyclic amines) is 1. The summed E-state index contributed by atoms with van der Waals surface area (Å²) in [6.45, 7) is 2.39. The van der Waals surface area contributed by atoms with Gasteiger partial charge >= 0.3 is 5.69 Å². The molecule has 1 fully saturated rings. The first kappa shape index (κ1) is 23.0. The average Bonchev–Trinajstić information content (AvgIpc) is 3.34. The number of piperidine rings is 1. The minimum absolute atomic E-state index is 0.0424. The first-order valence-corrected chi connectivity index (χ1v) is 12.9.